The molecule has 0 saturated carbocycles. The minimum Gasteiger partial charge on any atom is -0.342 e. The molecule has 1 amide bonds. The molecule has 92 valence electrons. The van der Waals surface area contributed by atoms with E-state index in [0.717, 1.165) is 45.4 Å². The first-order valence-electron chi connectivity index (χ1n) is 6.68. The van der Waals surface area contributed by atoms with Gasteiger partial charge in [-0.2, -0.15) is 0 Å². The number of likely N-dealkylation sites (tertiary alicyclic amines) is 1. The third-order valence-corrected chi connectivity index (χ3v) is 4.31. The van der Waals surface area contributed by atoms with Gasteiger partial charge >= 0.3 is 0 Å². The molecule has 2 atom stereocenters. The van der Waals surface area contributed by atoms with Crippen LogP contribution in [-0.2, 0) is 4.79 Å². The van der Waals surface area contributed by atoms with E-state index in [0.29, 0.717) is 11.8 Å². The number of piperidine rings is 1. The third kappa shape index (κ3) is 2.10. The maximum atomic E-state index is 12.6. The molecule has 0 aliphatic carbocycles. The Kier molecular flexibility index (Phi) is 3.53. The first-order valence-corrected chi connectivity index (χ1v) is 6.68. The predicted molar refractivity (Wildman–Crippen MR) is 65.2 cm³/mol. The molecule has 2 aliphatic heterocycles. The summed E-state index contributed by atoms with van der Waals surface area (Å²) in [5.41, 5.74) is -0.0949. The van der Waals surface area contributed by atoms with E-state index in [1.807, 2.05) is 0 Å². The minimum absolute atomic E-state index is 0.0949. The third-order valence-electron chi connectivity index (χ3n) is 4.31. The van der Waals surface area contributed by atoms with Gasteiger partial charge in [0.25, 0.3) is 0 Å². The molecular weight excluding hydrogens is 200 g/mol. The van der Waals surface area contributed by atoms with Gasteiger partial charge in [0.1, 0.15) is 0 Å². The lowest BCUT2D eigenvalue weighted by Crippen LogP contribution is -2.51. The Hall–Kier alpha value is -0.570. The molecule has 2 rings (SSSR count). The SMILES string of the molecule is CCC1(C(=O)N2CCC(C)C2)CCCNC1. The average molecular weight is 224 g/mol. The van der Waals surface area contributed by atoms with Crippen LogP contribution in [0.1, 0.15) is 39.5 Å². The fourth-order valence-corrected chi connectivity index (χ4v) is 3.06. The highest BCUT2D eigenvalue weighted by Gasteiger charge is 2.41. The van der Waals surface area contributed by atoms with E-state index >= 15 is 0 Å². The lowest BCUT2D eigenvalue weighted by Gasteiger charge is -2.38. The fraction of sp³-hybridized carbons (Fsp3) is 0.923. The van der Waals surface area contributed by atoms with E-state index in [4.69, 9.17) is 0 Å². The molecule has 16 heavy (non-hydrogen) atoms. The van der Waals surface area contributed by atoms with Crippen molar-refractivity contribution < 1.29 is 4.79 Å². The highest BCUT2D eigenvalue weighted by Crippen LogP contribution is 2.34. The Balaban J connectivity index is 2.05. The molecule has 0 aromatic carbocycles. The highest BCUT2D eigenvalue weighted by atomic mass is 16.2. The molecule has 0 bridgehead atoms. The van der Waals surface area contributed by atoms with Crippen LogP contribution in [0.25, 0.3) is 0 Å². The minimum atomic E-state index is -0.0949. The zero-order valence-corrected chi connectivity index (χ0v) is 10.6. The smallest absolute Gasteiger partial charge is 0.230 e. The van der Waals surface area contributed by atoms with Crippen LogP contribution in [0.3, 0.4) is 0 Å². The van der Waals surface area contributed by atoms with Crippen LogP contribution in [0.15, 0.2) is 0 Å². The maximum Gasteiger partial charge on any atom is 0.230 e. The topological polar surface area (TPSA) is 32.3 Å². The second-order valence-corrected chi connectivity index (χ2v) is 5.56. The van der Waals surface area contributed by atoms with E-state index in [9.17, 15) is 4.79 Å². The summed E-state index contributed by atoms with van der Waals surface area (Å²) in [5, 5.41) is 3.39. The summed E-state index contributed by atoms with van der Waals surface area (Å²) in [6.45, 7) is 8.30. The van der Waals surface area contributed by atoms with Crippen LogP contribution >= 0.6 is 0 Å². The number of amides is 1. The van der Waals surface area contributed by atoms with Gasteiger partial charge in [-0.25, -0.2) is 0 Å². The summed E-state index contributed by atoms with van der Waals surface area (Å²) in [6.07, 6.45) is 4.37. The fourth-order valence-electron chi connectivity index (χ4n) is 3.06. The molecule has 0 aromatic heterocycles. The second-order valence-electron chi connectivity index (χ2n) is 5.56. The van der Waals surface area contributed by atoms with E-state index < -0.39 is 0 Å². The van der Waals surface area contributed by atoms with Gasteiger partial charge in [0.2, 0.25) is 5.91 Å². The molecule has 1 N–H and O–H groups in total. The molecule has 0 aromatic rings. The number of nitrogens with zero attached hydrogens (tertiary/aromatic N) is 1. The first-order chi connectivity index (χ1) is 7.68. The van der Waals surface area contributed by atoms with Crippen molar-refractivity contribution in [2.45, 2.75) is 39.5 Å². The molecule has 2 fully saturated rings. The van der Waals surface area contributed by atoms with E-state index in [-0.39, 0.29) is 5.41 Å². The Labute approximate surface area is 98.6 Å². The van der Waals surface area contributed by atoms with Gasteiger partial charge in [-0.1, -0.05) is 13.8 Å². The summed E-state index contributed by atoms with van der Waals surface area (Å²) >= 11 is 0. The van der Waals surface area contributed by atoms with Crippen LogP contribution < -0.4 is 5.32 Å². The average Bonchev–Trinajstić information content (AvgIpc) is 2.76. The molecule has 0 radical (unpaired) electrons. The molecule has 2 saturated heterocycles. The van der Waals surface area contributed by atoms with Crippen LogP contribution in [0.4, 0.5) is 0 Å². The van der Waals surface area contributed by atoms with Gasteiger partial charge < -0.3 is 10.2 Å². The van der Waals surface area contributed by atoms with Crippen molar-refractivity contribution in [3.05, 3.63) is 0 Å². The predicted octanol–water partition coefficient (Wildman–Crippen LogP) is 1.63. The Morgan fingerprint density at radius 2 is 2.38 bits per heavy atom. The van der Waals surface area contributed by atoms with Crippen molar-refractivity contribution in [3.63, 3.8) is 0 Å². The Morgan fingerprint density at radius 3 is 2.88 bits per heavy atom. The lowest BCUT2D eigenvalue weighted by molar-refractivity contribution is -0.142. The van der Waals surface area contributed by atoms with Crippen molar-refractivity contribution in [1.82, 2.24) is 10.2 Å². The quantitative estimate of drug-likeness (QED) is 0.773. The summed E-state index contributed by atoms with van der Waals surface area (Å²) in [7, 11) is 0. The Morgan fingerprint density at radius 1 is 1.56 bits per heavy atom. The number of carbonyl (C=O) groups excluding carboxylic acids is 1. The van der Waals surface area contributed by atoms with Crippen molar-refractivity contribution in [2.75, 3.05) is 26.2 Å². The van der Waals surface area contributed by atoms with Crippen LogP contribution in [0.5, 0.6) is 0 Å². The van der Waals surface area contributed by atoms with Crippen molar-refractivity contribution in [3.8, 4) is 0 Å². The van der Waals surface area contributed by atoms with Gasteiger partial charge in [0.05, 0.1) is 5.41 Å². The summed E-state index contributed by atoms with van der Waals surface area (Å²) in [4.78, 5) is 14.7. The summed E-state index contributed by atoms with van der Waals surface area (Å²) in [5.74, 6) is 1.10. The summed E-state index contributed by atoms with van der Waals surface area (Å²) in [6, 6.07) is 0. The van der Waals surface area contributed by atoms with Crippen molar-refractivity contribution in [1.29, 1.82) is 0 Å². The number of nitrogens with one attached hydrogen (secondary N) is 1. The number of rotatable bonds is 2. The monoisotopic (exact) mass is 224 g/mol. The van der Waals surface area contributed by atoms with E-state index in [1.54, 1.807) is 0 Å². The van der Waals surface area contributed by atoms with Crippen LogP contribution in [0, 0.1) is 11.3 Å². The van der Waals surface area contributed by atoms with Gasteiger partial charge in [0.15, 0.2) is 0 Å². The maximum absolute atomic E-state index is 12.6. The number of hydrogen-bond donors (Lipinski definition) is 1. The standard InChI is InChI=1S/C13H24N2O/c1-3-13(6-4-7-14-10-13)12(16)15-8-5-11(2)9-15/h11,14H,3-10H2,1-2H3. The van der Waals surface area contributed by atoms with Crippen molar-refractivity contribution in [2.24, 2.45) is 11.3 Å². The normalized spacial score (nSPS) is 35.4. The number of hydrogen-bond acceptors (Lipinski definition) is 2. The van der Waals surface area contributed by atoms with Gasteiger partial charge in [-0.05, 0) is 38.1 Å². The second kappa shape index (κ2) is 4.74. The van der Waals surface area contributed by atoms with E-state index in [2.05, 4.69) is 24.1 Å². The molecule has 2 heterocycles. The molecule has 0 spiro atoms. The number of carbonyl (C=O) groups is 1. The highest BCUT2D eigenvalue weighted by molar-refractivity contribution is 5.83. The zero-order chi connectivity index (χ0) is 11.6. The lowest BCUT2D eigenvalue weighted by atomic mass is 9.77. The zero-order valence-electron chi connectivity index (χ0n) is 10.6. The largest absolute Gasteiger partial charge is 0.342 e. The van der Waals surface area contributed by atoms with Crippen LogP contribution in [-0.4, -0.2) is 37.0 Å². The van der Waals surface area contributed by atoms with Crippen LogP contribution in [0.2, 0.25) is 0 Å². The van der Waals surface area contributed by atoms with E-state index in [1.165, 1.54) is 6.42 Å². The molecule has 2 aliphatic rings. The van der Waals surface area contributed by atoms with Gasteiger partial charge in [0, 0.05) is 19.6 Å². The first kappa shape index (κ1) is 11.9. The summed E-state index contributed by atoms with van der Waals surface area (Å²) < 4.78 is 0. The molecular formula is C13H24N2O. The molecule has 3 nitrogen and oxygen atoms in total. The molecule has 2 unspecified atom stereocenters. The van der Waals surface area contributed by atoms with Crippen molar-refractivity contribution >= 4 is 5.91 Å². The van der Waals surface area contributed by atoms with Gasteiger partial charge in [-0.15, -0.1) is 0 Å². The van der Waals surface area contributed by atoms with Gasteiger partial charge in [-0.3, -0.25) is 4.79 Å². The Bertz CT molecular complexity index is 259. The molecule has 3 heteroatoms.